The summed E-state index contributed by atoms with van der Waals surface area (Å²) >= 11 is 6.25. The number of ketones is 1. The number of benzene rings is 3. The number of nitrogens with zero attached hydrogens (tertiary/aromatic N) is 1. The fourth-order valence-electron chi connectivity index (χ4n) is 4.54. The van der Waals surface area contributed by atoms with Gasteiger partial charge in [-0.3, -0.25) is 14.5 Å². The topological polar surface area (TPSA) is 85.3 Å². The van der Waals surface area contributed by atoms with Crippen LogP contribution in [0.1, 0.15) is 43.5 Å². The van der Waals surface area contributed by atoms with Gasteiger partial charge in [0.15, 0.2) is 11.5 Å². The Morgan fingerprint density at radius 1 is 1.00 bits per heavy atom. The van der Waals surface area contributed by atoms with E-state index >= 15 is 0 Å². The molecule has 0 spiro atoms. The molecule has 1 unspecified atom stereocenters. The van der Waals surface area contributed by atoms with E-state index in [1.807, 2.05) is 13.8 Å². The first kappa shape index (κ1) is 28.0. The Kier molecular flexibility index (Phi) is 8.51. The highest BCUT2D eigenvalue weighted by Crippen LogP contribution is 2.44. The van der Waals surface area contributed by atoms with Gasteiger partial charge in [-0.15, -0.1) is 0 Å². The summed E-state index contributed by atoms with van der Waals surface area (Å²) in [5.74, 6) is 0.147. The molecule has 39 heavy (non-hydrogen) atoms. The van der Waals surface area contributed by atoms with Crippen molar-refractivity contribution >= 4 is 34.7 Å². The predicted octanol–water partition coefficient (Wildman–Crippen LogP) is 6.72. The molecule has 1 amide bonds. The van der Waals surface area contributed by atoms with Gasteiger partial charge in [0, 0.05) is 16.3 Å². The first-order valence-corrected chi connectivity index (χ1v) is 13.1. The number of rotatable bonds is 9. The number of hydrogen-bond donors (Lipinski definition) is 1. The molecule has 0 aromatic heterocycles. The second-order valence-electron chi connectivity index (χ2n) is 9.68. The molecular formula is C31H32ClNO6. The lowest BCUT2D eigenvalue weighted by Gasteiger charge is -2.26. The molecule has 8 heteroatoms. The number of carbonyl (C=O) groups excluding carboxylic acids is 2. The second-order valence-corrected chi connectivity index (χ2v) is 10.1. The van der Waals surface area contributed by atoms with Crippen LogP contribution in [0.2, 0.25) is 5.02 Å². The van der Waals surface area contributed by atoms with E-state index in [2.05, 4.69) is 13.8 Å². The Morgan fingerprint density at radius 3 is 2.38 bits per heavy atom. The molecular weight excluding hydrogens is 518 g/mol. The zero-order chi connectivity index (χ0) is 28.3. The van der Waals surface area contributed by atoms with Crippen LogP contribution in [-0.2, 0) is 9.59 Å². The molecule has 204 valence electrons. The summed E-state index contributed by atoms with van der Waals surface area (Å²) in [7, 11) is 1.53. The second kappa shape index (κ2) is 11.8. The highest BCUT2D eigenvalue weighted by Gasteiger charge is 2.47. The average molecular weight is 550 g/mol. The molecule has 0 bridgehead atoms. The smallest absolute Gasteiger partial charge is 0.300 e. The van der Waals surface area contributed by atoms with Crippen molar-refractivity contribution in [3.8, 4) is 17.2 Å². The molecule has 0 saturated carbocycles. The number of methoxy groups -OCH3 is 1. The zero-order valence-electron chi connectivity index (χ0n) is 22.7. The number of aryl methyl sites for hydroxylation is 1. The lowest BCUT2D eigenvalue weighted by molar-refractivity contribution is -0.132. The van der Waals surface area contributed by atoms with Gasteiger partial charge in [-0.05, 0) is 79.4 Å². The Hall–Kier alpha value is -3.97. The molecule has 0 radical (unpaired) electrons. The van der Waals surface area contributed by atoms with Gasteiger partial charge in [0.1, 0.15) is 11.5 Å². The van der Waals surface area contributed by atoms with Gasteiger partial charge < -0.3 is 19.3 Å². The molecule has 1 aliphatic rings. The number of halogens is 1. The molecule has 1 saturated heterocycles. The van der Waals surface area contributed by atoms with Crippen molar-refractivity contribution in [2.45, 2.75) is 33.7 Å². The van der Waals surface area contributed by atoms with Crippen LogP contribution in [0.15, 0.2) is 66.2 Å². The summed E-state index contributed by atoms with van der Waals surface area (Å²) < 4.78 is 17.1. The fourth-order valence-corrected chi connectivity index (χ4v) is 4.73. The number of anilines is 1. The molecule has 4 rings (SSSR count). The van der Waals surface area contributed by atoms with Crippen LogP contribution in [0, 0.1) is 12.8 Å². The van der Waals surface area contributed by atoms with E-state index in [1.54, 1.807) is 60.7 Å². The summed E-state index contributed by atoms with van der Waals surface area (Å²) in [5.41, 5.74) is 2.15. The maximum absolute atomic E-state index is 13.5. The Labute approximate surface area is 233 Å². The van der Waals surface area contributed by atoms with Crippen molar-refractivity contribution in [3.05, 3.63) is 87.9 Å². The lowest BCUT2D eigenvalue weighted by Crippen LogP contribution is -2.29. The van der Waals surface area contributed by atoms with Gasteiger partial charge in [-0.1, -0.05) is 37.6 Å². The molecule has 1 N–H and O–H groups in total. The van der Waals surface area contributed by atoms with E-state index in [0.29, 0.717) is 58.2 Å². The average Bonchev–Trinajstić information content (AvgIpc) is 3.17. The summed E-state index contributed by atoms with van der Waals surface area (Å²) in [4.78, 5) is 28.3. The molecule has 1 atom stereocenters. The number of ether oxygens (including phenoxy) is 3. The largest absolute Gasteiger partial charge is 0.507 e. The normalized spacial score (nSPS) is 16.6. The molecule has 1 fully saturated rings. The summed E-state index contributed by atoms with van der Waals surface area (Å²) in [6.07, 6.45) is 0. The van der Waals surface area contributed by atoms with E-state index in [4.69, 9.17) is 25.8 Å². The number of aliphatic hydroxyl groups excluding tert-OH is 1. The van der Waals surface area contributed by atoms with Crippen molar-refractivity contribution in [2.24, 2.45) is 5.92 Å². The lowest BCUT2D eigenvalue weighted by atomic mass is 9.94. The Morgan fingerprint density at radius 2 is 1.74 bits per heavy atom. The number of carbonyl (C=O) groups is 2. The molecule has 7 nitrogen and oxygen atoms in total. The number of Topliss-reactive ketones (excluding diaryl/α,β-unsaturated/α-hetero) is 1. The number of aliphatic hydroxyl groups is 1. The Balaban J connectivity index is 1.89. The third kappa shape index (κ3) is 5.73. The van der Waals surface area contributed by atoms with Crippen molar-refractivity contribution in [1.29, 1.82) is 0 Å². The van der Waals surface area contributed by atoms with Crippen LogP contribution in [0.25, 0.3) is 5.76 Å². The van der Waals surface area contributed by atoms with Crippen LogP contribution >= 0.6 is 11.6 Å². The van der Waals surface area contributed by atoms with Gasteiger partial charge in [0.2, 0.25) is 0 Å². The van der Waals surface area contributed by atoms with Crippen LogP contribution in [0.4, 0.5) is 5.69 Å². The standard InChI is InChI=1S/C31H32ClNO6/c1-6-38-26-15-20(10-13-25(26)37-5)28-27(30(35)31(36)33(28)23-9-7-8-22(32)16-23)29(34)21-11-12-24(19(4)14-21)39-17-18(2)3/h7-16,18,28,34H,6,17H2,1-5H3/b29-27-. The van der Waals surface area contributed by atoms with Crippen molar-refractivity contribution in [2.75, 3.05) is 25.2 Å². The van der Waals surface area contributed by atoms with Gasteiger partial charge in [-0.2, -0.15) is 0 Å². The minimum Gasteiger partial charge on any atom is -0.507 e. The highest BCUT2D eigenvalue weighted by atomic mass is 35.5. The predicted molar refractivity (Wildman–Crippen MR) is 152 cm³/mol. The zero-order valence-corrected chi connectivity index (χ0v) is 23.4. The van der Waals surface area contributed by atoms with Crippen LogP contribution in [0.3, 0.4) is 0 Å². The van der Waals surface area contributed by atoms with Gasteiger partial charge >= 0.3 is 0 Å². The highest BCUT2D eigenvalue weighted by molar-refractivity contribution is 6.51. The summed E-state index contributed by atoms with van der Waals surface area (Å²) in [6, 6.07) is 16.1. The monoisotopic (exact) mass is 549 g/mol. The summed E-state index contributed by atoms with van der Waals surface area (Å²) in [5, 5.41) is 11.9. The van der Waals surface area contributed by atoms with E-state index in [1.165, 1.54) is 12.0 Å². The maximum Gasteiger partial charge on any atom is 0.300 e. The number of amides is 1. The van der Waals surface area contributed by atoms with Crippen LogP contribution in [-0.4, -0.2) is 37.1 Å². The van der Waals surface area contributed by atoms with Gasteiger partial charge in [-0.25, -0.2) is 0 Å². The van der Waals surface area contributed by atoms with E-state index in [9.17, 15) is 14.7 Å². The minimum absolute atomic E-state index is 0.0390. The van der Waals surface area contributed by atoms with Crippen LogP contribution < -0.4 is 19.1 Å². The van der Waals surface area contributed by atoms with E-state index in [0.717, 1.165) is 5.56 Å². The fraction of sp³-hybridized carbons (Fsp3) is 0.290. The summed E-state index contributed by atoms with van der Waals surface area (Å²) in [6.45, 7) is 8.78. The SMILES string of the molecule is CCOc1cc(C2/C(=C(/O)c3ccc(OCC(C)C)c(C)c3)C(=O)C(=O)N2c2cccc(Cl)c2)ccc1OC. The van der Waals surface area contributed by atoms with Crippen LogP contribution in [0.5, 0.6) is 17.2 Å². The maximum atomic E-state index is 13.5. The van der Waals surface area contributed by atoms with E-state index < -0.39 is 17.7 Å². The third-order valence-corrected chi connectivity index (χ3v) is 6.59. The molecule has 0 aliphatic carbocycles. The minimum atomic E-state index is -0.939. The quantitative estimate of drug-likeness (QED) is 0.181. The molecule has 3 aromatic rings. The van der Waals surface area contributed by atoms with Crippen molar-refractivity contribution in [1.82, 2.24) is 0 Å². The van der Waals surface area contributed by atoms with Gasteiger partial charge in [0.25, 0.3) is 11.7 Å². The van der Waals surface area contributed by atoms with Crippen molar-refractivity contribution in [3.63, 3.8) is 0 Å². The first-order valence-electron chi connectivity index (χ1n) is 12.8. The Bertz CT molecular complexity index is 1430. The molecule has 3 aromatic carbocycles. The first-order chi connectivity index (χ1) is 18.7. The van der Waals surface area contributed by atoms with Crippen molar-refractivity contribution < 1.29 is 28.9 Å². The third-order valence-electron chi connectivity index (χ3n) is 6.35. The molecule has 1 heterocycles. The number of hydrogen-bond acceptors (Lipinski definition) is 6. The van der Waals surface area contributed by atoms with E-state index in [-0.39, 0.29) is 11.3 Å². The van der Waals surface area contributed by atoms with Gasteiger partial charge in [0.05, 0.1) is 31.9 Å². The molecule has 1 aliphatic heterocycles.